The minimum atomic E-state index is -1.37. The second-order valence-electron chi connectivity index (χ2n) is 9.98. The predicted octanol–water partition coefficient (Wildman–Crippen LogP) is 5.64. The van der Waals surface area contributed by atoms with E-state index in [2.05, 4.69) is 10.6 Å². The van der Waals surface area contributed by atoms with Crippen molar-refractivity contribution < 1.29 is 28.2 Å². The summed E-state index contributed by atoms with van der Waals surface area (Å²) in [5, 5.41) is 14.9. The van der Waals surface area contributed by atoms with Crippen LogP contribution < -0.4 is 16.1 Å². The van der Waals surface area contributed by atoms with Gasteiger partial charge in [-0.15, -0.1) is 0 Å². The molecule has 4 rings (SSSR count). The van der Waals surface area contributed by atoms with E-state index in [0.29, 0.717) is 12.5 Å². The third-order valence-electron chi connectivity index (χ3n) is 5.88. The molecule has 1 saturated heterocycles. The molecule has 2 fully saturated rings. The zero-order valence-corrected chi connectivity index (χ0v) is 23.0. The molecule has 3 N–H and O–H groups in total. The Labute approximate surface area is 222 Å². The third kappa shape index (κ3) is 8.11. The number of benzene rings is 1. The van der Waals surface area contributed by atoms with Gasteiger partial charge in [0.05, 0.1) is 10.9 Å². The van der Waals surface area contributed by atoms with Gasteiger partial charge in [-0.05, 0) is 65.5 Å². The Morgan fingerprint density at radius 3 is 2.37 bits per heavy atom. The molecule has 1 atom stereocenters. The van der Waals surface area contributed by atoms with Crippen molar-refractivity contribution in [1.82, 2.24) is 15.2 Å². The molecular weight excluding hydrogens is 496 g/mol. The second kappa shape index (κ2) is 13.5. The smallest absolute Gasteiger partial charge is 0.407 e. The summed E-state index contributed by atoms with van der Waals surface area (Å²) >= 11 is 0. The van der Waals surface area contributed by atoms with Gasteiger partial charge in [0.25, 0.3) is 0 Å². The highest BCUT2D eigenvalue weighted by atomic mass is 19.2. The second-order valence-corrected chi connectivity index (χ2v) is 9.98. The number of ether oxygens (including phenoxy) is 1. The molecule has 2 aliphatic rings. The van der Waals surface area contributed by atoms with Gasteiger partial charge < -0.3 is 25.0 Å². The number of nitrogens with one attached hydrogen (secondary N) is 2. The number of hydrogen-bond donors (Lipinski definition) is 3. The molecule has 0 radical (unpaired) electrons. The number of aromatic nitrogens is 1. The lowest BCUT2D eigenvalue weighted by molar-refractivity contribution is 0.0541. The molecule has 10 heteroatoms. The van der Waals surface area contributed by atoms with Crippen molar-refractivity contribution in [2.24, 2.45) is 0 Å². The minimum Gasteiger partial charge on any atom is -0.477 e. The fourth-order valence-electron chi connectivity index (χ4n) is 4.08. The van der Waals surface area contributed by atoms with Crippen LogP contribution >= 0.6 is 0 Å². The summed E-state index contributed by atoms with van der Waals surface area (Å²) in [6, 6.07) is 1.13. The first-order valence-corrected chi connectivity index (χ1v) is 13.0. The number of fused-ring (bicyclic) bond motifs is 1. The van der Waals surface area contributed by atoms with E-state index in [4.69, 9.17) is 4.74 Å². The number of nitrogens with zero attached hydrogens (tertiary/aromatic N) is 1. The summed E-state index contributed by atoms with van der Waals surface area (Å²) in [5.41, 5.74) is -1.34. The number of carboxylic acid groups (broad SMARTS) is 1. The van der Waals surface area contributed by atoms with Crippen LogP contribution in [0.2, 0.25) is 0 Å². The highest BCUT2D eigenvalue weighted by Crippen LogP contribution is 2.38. The SMILES string of the molecule is CC.CNC(=O)OC(C)(C)C.O=C(O)c1cn(C2CC2)c2c(/C=C\CC3CCCN3)c(F)c(F)cc2c1=O. The van der Waals surface area contributed by atoms with Crippen molar-refractivity contribution in [3.8, 4) is 0 Å². The van der Waals surface area contributed by atoms with Gasteiger partial charge in [0, 0.05) is 30.9 Å². The highest BCUT2D eigenvalue weighted by Gasteiger charge is 2.29. The Morgan fingerprint density at radius 1 is 1.24 bits per heavy atom. The van der Waals surface area contributed by atoms with Gasteiger partial charge >= 0.3 is 12.1 Å². The largest absolute Gasteiger partial charge is 0.477 e. The summed E-state index contributed by atoms with van der Waals surface area (Å²) in [5.74, 6) is -3.54. The van der Waals surface area contributed by atoms with Crippen molar-refractivity contribution in [3.63, 3.8) is 0 Å². The molecule has 1 aromatic carbocycles. The number of aromatic carboxylic acids is 1. The normalized spacial score (nSPS) is 16.9. The lowest BCUT2D eigenvalue weighted by atomic mass is 10.0. The number of rotatable bonds is 5. The zero-order valence-electron chi connectivity index (χ0n) is 23.0. The molecule has 1 aliphatic heterocycles. The molecule has 1 amide bonds. The number of carbonyl (C=O) groups excluding carboxylic acids is 1. The fraction of sp³-hybridized carbons (Fsp3) is 0.536. The van der Waals surface area contributed by atoms with E-state index in [1.54, 1.807) is 10.6 Å². The lowest BCUT2D eigenvalue weighted by Crippen LogP contribution is -2.30. The number of carbonyl (C=O) groups is 2. The van der Waals surface area contributed by atoms with E-state index in [1.165, 1.54) is 19.3 Å². The molecule has 0 bridgehead atoms. The summed E-state index contributed by atoms with van der Waals surface area (Å²) in [7, 11) is 1.54. The first-order valence-electron chi connectivity index (χ1n) is 13.0. The molecule has 38 heavy (non-hydrogen) atoms. The Balaban J connectivity index is 0.000000394. The number of alkyl carbamates (subject to hydrolysis) is 1. The van der Waals surface area contributed by atoms with Crippen LogP contribution in [0.1, 0.15) is 88.7 Å². The first-order chi connectivity index (χ1) is 17.9. The van der Waals surface area contributed by atoms with Crippen LogP contribution in [0.5, 0.6) is 0 Å². The summed E-state index contributed by atoms with van der Waals surface area (Å²) in [6.07, 6.45) is 8.60. The number of amides is 1. The van der Waals surface area contributed by atoms with Gasteiger partial charge in [0.15, 0.2) is 11.6 Å². The molecule has 2 aromatic rings. The maximum atomic E-state index is 14.6. The van der Waals surface area contributed by atoms with Gasteiger partial charge in [0.1, 0.15) is 11.2 Å². The van der Waals surface area contributed by atoms with Crippen molar-refractivity contribution >= 4 is 29.0 Å². The van der Waals surface area contributed by atoms with Gasteiger partial charge in [-0.1, -0.05) is 26.0 Å². The molecule has 1 aromatic heterocycles. The quantitative estimate of drug-likeness (QED) is 0.458. The minimum absolute atomic E-state index is 0.000269. The fourth-order valence-corrected chi connectivity index (χ4v) is 4.08. The van der Waals surface area contributed by atoms with Gasteiger partial charge in [-0.25, -0.2) is 18.4 Å². The molecule has 8 nitrogen and oxygen atoms in total. The molecule has 2 heterocycles. The number of hydrogen-bond acceptors (Lipinski definition) is 5. The Bertz CT molecular complexity index is 1220. The molecular formula is C28H39F2N3O5. The first kappa shape index (κ1) is 31.0. The van der Waals surface area contributed by atoms with Crippen molar-refractivity contribution in [2.45, 2.75) is 84.4 Å². The Hall–Kier alpha value is -3.27. The van der Waals surface area contributed by atoms with Gasteiger partial charge in [-0.2, -0.15) is 0 Å². The summed E-state index contributed by atoms with van der Waals surface area (Å²) in [6.45, 7) is 10.4. The van der Waals surface area contributed by atoms with Crippen LogP contribution in [0, 0.1) is 11.6 Å². The molecule has 0 spiro atoms. The summed E-state index contributed by atoms with van der Waals surface area (Å²) < 4.78 is 35.3. The maximum Gasteiger partial charge on any atom is 0.407 e. The van der Waals surface area contributed by atoms with E-state index in [9.17, 15) is 28.3 Å². The predicted molar refractivity (Wildman–Crippen MR) is 145 cm³/mol. The third-order valence-corrected chi connectivity index (χ3v) is 5.88. The lowest BCUT2D eigenvalue weighted by Gasteiger charge is -2.18. The van der Waals surface area contributed by atoms with E-state index in [1.807, 2.05) is 34.6 Å². The van der Waals surface area contributed by atoms with Crippen LogP contribution in [0.25, 0.3) is 17.0 Å². The van der Waals surface area contributed by atoms with Gasteiger partial charge in [0.2, 0.25) is 5.43 Å². The number of pyridine rings is 1. The van der Waals surface area contributed by atoms with Crippen LogP contribution in [-0.4, -0.2) is 47.0 Å². The highest BCUT2D eigenvalue weighted by molar-refractivity contribution is 5.95. The van der Waals surface area contributed by atoms with Crippen molar-refractivity contribution in [2.75, 3.05) is 13.6 Å². The van der Waals surface area contributed by atoms with E-state index in [0.717, 1.165) is 38.3 Å². The number of halogens is 2. The van der Waals surface area contributed by atoms with Crippen molar-refractivity contribution in [1.29, 1.82) is 0 Å². The Morgan fingerprint density at radius 2 is 1.89 bits per heavy atom. The van der Waals surface area contributed by atoms with Crippen LogP contribution in [0.4, 0.5) is 13.6 Å². The molecule has 210 valence electrons. The van der Waals surface area contributed by atoms with E-state index in [-0.39, 0.29) is 34.2 Å². The number of carboxylic acids is 1. The molecule has 1 unspecified atom stereocenters. The van der Waals surface area contributed by atoms with Crippen molar-refractivity contribution in [3.05, 3.63) is 51.3 Å². The molecule has 1 saturated carbocycles. The van der Waals surface area contributed by atoms with Crippen LogP contribution in [-0.2, 0) is 4.74 Å². The van der Waals surface area contributed by atoms with E-state index < -0.39 is 28.6 Å². The average molecular weight is 536 g/mol. The monoisotopic (exact) mass is 535 g/mol. The zero-order chi connectivity index (χ0) is 28.6. The molecule has 1 aliphatic carbocycles. The van der Waals surface area contributed by atoms with Crippen LogP contribution in [0.15, 0.2) is 23.1 Å². The summed E-state index contributed by atoms with van der Waals surface area (Å²) in [4.78, 5) is 34.5. The van der Waals surface area contributed by atoms with E-state index >= 15 is 0 Å². The maximum absolute atomic E-state index is 14.6. The standard InChI is InChI=1S/C20H20F2N2O3.C6H13NO2.C2H6/c21-16-9-14-18(13(17(16)22)5-1-3-11-4-2-8-23-11)24(12-6-7-12)10-15(19(14)25)20(26)27;1-6(2,3)9-5(8)7-4;1-2/h1,5,9-12,23H,2-4,6-8H2,(H,26,27);1-4H3,(H,7,8);1-2H3/b5-1-;;. The van der Waals surface area contributed by atoms with Gasteiger partial charge in [-0.3, -0.25) is 4.79 Å². The van der Waals surface area contributed by atoms with Crippen LogP contribution in [0.3, 0.4) is 0 Å². The Kier molecular flexibility index (Phi) is 11.0. The average Bonchev–Trinajstić information content (AvgIpc) is 3.57. The topological polar surface area (TPSA) is 110 Å².